The Kier molecular flexibility index (Phi) is 6.82. The molecule has 0 fully saturated rings. The van der Waals surface area contributed by atoms with Crippen molar-refractivity contribution >= 4 is 17.5 Å². The van der Waals surface area contributed by atoms with E-state index in [1.807, 2.05) is 13.8 Å². The first-order chi connectivity index (χ1) is 9.24. The van der Waals surface area contributed by atoms with Gasteiger partial charge in [0.25, 0.3) is 0 Å². The van der Waals surface area contributed by atoms with Crippen LogP contribution in [0.1, 0.15) is 40.2 Å². The molecular formula is C14H22FN3O2. The normalized spacial score (nSPS) is 10.2. The number of halogens is 1. The monoisotopic (exact) mass is 283 g/mol. The highest BCUT2D eigenvalue weighted by atomic mass is 19.1. The zero-order valence-electron chi connectivity index (χ0n) is 12.8. The lowest BCUT2D eigenvalue weighted by Crippen LogP contribution is -2.29. The predicted molar refractivity (Wildman–Crippen MR) is 77.8 cm³/mol. The fourth-order valence-electron chi connectivity index (χ4n) is 1.27. The first kappa shape index (κ1) is 18.0. The quantitative estimate of drug-likeness (QED) is 0.508. The smallest absolute Gasteiger partial charge is 0.357 e. The third kappa shape index (κ3) is 5.34. The van der Waals surface area contributed by atoms with Crippen molar-refractivity contribution in [2.24, 2.45) is 0 Å². The lowest BCUT2D eigenvalue weighted by atomic mass is 10.1. The Balaban J connectivity index is 0.00000172. The van der Waals surface area contributed by atoms with Crippen LogP contribution in [0.25, 0.3) is 0 Å². The maximum atomic E-state index is 12.9. The van der Waals surface area contributed by atoms with Crippen molar-refractivity contribution in [1.29, 1.82) is 5.41 Å². The summed E-state index contributed by atoms with van der Waals surface area (Å²) in [7, 11) is 1.54. The predicted octanol–water partition coefficient (Wildman–Crippen LogP) is 3.00. The number of carbonyl (C=O) groups excluding carboxylic acids is 1. The Morgan fingerprint density at radius 1 is 1.35 bits per heavy atom. The SMILES string of the molecule is CC.CNc1nc(F)ccc1C(=N)C(=O)OC(C)(C)C. The minimum Gasteiger partial charge on any atom is -0.455 e. The average molecular weight is 283 g/mol. The maximum Gasteiger partial charge on any atom is 0.357 e. The fourth-order valence-corrected chi connectivity index (χ4v) is 1.27. The van der Waals surface area contributed by atoms with E-state index in [1.165, 1.54) is 13.1 Å². The summed E-state index contributed by atoms with van der Waals surface area (Å²) < 4.78 is 18.0. The zero-order valence-corrected chi connectivity index (χ0v) is 12.8. The summed E-state index contributed by atoms with van der Waals surface area (Å²) in [5.74, 6) is -1.32. The molecule has 1 rings (SSSR count). The third-order valence-electron chi connectivity index (χ3n) is 1.97. The molecule has 0 aliphatic heterocycles. The van der Waals surface area contributed by atoms with Crippen molar-refractivity contribution in [2.45, 2.75) is 40.2 Å². The molecule has 0 amide bonds. The van der Waals surface area contributed by atoms with Crippen molar-refractivity contribution in [3.63, 3.8) is 0 Å². The van der Waals surface area contributed by atoms with E-state index in [2.05, 4.69) is 10.3 Å². The number of hydrogen-bond donors (Lipinski definition) is 2. The van der Waals surface area contributed by atoms with E-state index in [0.717, 1.165) is 6.07 Å². The van der Waals surface area contributed by atoms with Gasteiger partial charge in [-0.05, 0) is 32.9 Å². The van der Waals surface area contributed by atoms with Crippen molar-refractivity contribution in [2.75, 3.05) is 12.4 Å². The standard InChI is InChI=1S/C12H16FN3O2.C2H6/c1-12(2,3)18-11(17)9(14)7-5-6-8(13)16-10(7)15-4;1-2/h5-6,14H,1-4H3,(H,15,16);1-2H3. The topological polar surface area (TPSA) is 75.1 Å². The van der Waals surface area contributed by atoms with Crippen molar-refractivity contribution in [3.05, 3.63) is 23.6 Å². The molecule has 0 unspecified atom stereocenters. The van der Waals surface area contributed by atoms with E-state index < -0.39 is 17.5 Å². The number of carbonyl (C=O) groups is 1. The van der Waals surface area contributed by atoms with Crippen LogP contribution in [0.2, 0.25) is 0 Å². The molecule has 0 aliphatic rings. The first-order valence-electron chi connectivity index (χ1n) is 6.41. The molecule has 112 valence electrons. The number of rotatable bonds is 3. The van der Waals surface area contributed by atoms with Gasteiger partial charge in [-0.3, -0.25) is 5.41 Å². The van der Waals surface area contributed by atoms with Crippen LogP contribution in [-0.4, -0.2) is 29.3 Å². The van der Waals surface area contributed by atoms with Crippen LogP contribution in [0, 0.1) is 11.4 Å². The number of nitrogens with zero attached hydrogens (tertiary/aromatic N) is 1. The number of anilines is 1. The molecule has 0 saturated carbocycles. The number of pyridine rings is 1. The molecule has 0 bridgehead atoms. The van der Waals surface area contributed by atoms with Gasteiger partial charge in [-0.25, -0.2) is 9.78 Å². The van der Waals surface area contributed by atoms with Crippen molar-refractivity contribution < 1.29 is 13.9 Å². The number of hydrogen-bond acceptors (Lipinski definition) is 5. The molecule has 0 spiro atoms. The van der Waals surface area contributed by atoms with Gasteiger partial charge in [0.1, 0.15) is 11.4 Å². The minimum absolute atomic E-state index is 0.130. The second-order valence-electron chi connectivity index (χ2n) is 4.66. The van der Waals surface area contributed by atoms with Crippen LogP contribution < -0.4 is 5.32 Å². The number of ether oxygens (including phenoxy) is 1. The molecule has 0 saturated heterocycles. The van der Waals surface area contributed by atoms with Crippen LogP contribution in [-0.2, 0) is 9.53 Å². The number of esters is 1. The van der Waals surface area contributed by atoms with E-state index in [1.54, 1.807) is 20.8 Å². The summed E-state index contributed by atoms with van der Waals surface area (Å²) in [4.78, 5) is 15.3. The van der Waals surface area contributed by atoms with Crippen LogP contribution in [0.4, 0.5) is 10.2 Å². The molecule has 2 N–H and O–H groups in total. The van der Waals surface area contributed by atoms with Crippen LogP contribution in [0.15, 0.2) is 12.1 Å². The molecule has 1 aromatic heterocycles. The summed E-state index contributed by atoms with van der Waals surface area (Å²) in [6.07, 6.45) is 0. The average Bonchev–Trinajstić information content (AvgIpc) is 2.38. The van der Waals surface area contributed by atoms with Gasteiger partial charge in [0.15, 0.2) is 5.71 Å². The Labute approximate surface area is 119 Å². The molecule has 0 atom stereocenters. The number of aromatic nitrogens is 1. The molecule has 5 nitrogen and oxygen atoms in total. The second kappa shape index (κ2) is 7.57. The van der Waals surface area contributed by atoms with Gasteiger partial charge in [0.2, 0.25) is 5.95 Å². The van der Waals surface area contributed by atoms with Gasteiger partial charge in [0, 0.05) is 12.6 Å². The molecule has 6 heteroatoms. The van der Waals surface area contributed by atoms with Gasteiger partial charge in [0.05, 0.1) is 0 Å². The molecule has 1 aromatic rings. The molecule has 20 heavy (non-hydrogen) atoms. The van der Waals surface area contributed by atoms with Crippen LogP contribution in [0.5, 0.6) is 0 Å². The largest absolute Gasteiger partial charge is 0.455 e. The minimum atomic E-state index is -0.771. The molecule has 0 radical (unpaired) electrons. The Hall–Kier alpha value is -1.98. The summed E-state index contributed by atoms with van der Waals surface area (Å²) in [5, 5.41) is 10.4. The lowest BCUT2D eigenvalue weighted by molar-refractivity contribution is -0.146. The summed E-state index contributed by atoms with van der Waals surface area (Å²) in [5.41, 5.74) is -0.841. The van der Waals surface area contributed by atoms with Crippen molar-refractivity contribution in [3.8, 4) is 0 Å². The van der Waals surface area contributed by atoms with Crippen LogP contribution >= 0.6 is 0 Å². The van der Waals surface area contributed by atoms with Gasteiger partial charge < -0.3 is 10.1 Å². The Morgan fingerprint density at radius 3 is 2.35 bits per heavy atom. The van der Waals surface area contributed by atoms with E-state index in [4.69, 9.17) is 10.1 Å². The maximum absolute atomic E-state index is 12.9. The fraction of sp³-hybridized carbons (Fsp3) is 0.500. The molecule has 1 heterocycles. The third-order valence-corrected chi connectivity index (χ3v) is 1.97. The summed E-state index contributed by atoms with van der Waals surface area (Å²) in [6, 6.07) is 2.41. The highest BCUT2D eigenvalue weighted by Gasteiger charge is 2.23. The molecular weight excluding hydrogens is 261 g/mol. The van der Waals surface area contributed by atoms with Crippen molar-refractivity contribution in [1.82, 2.24) is 4.98 Å². The summed E-state index contributed by atoms with van der Waals surface area (Å²) in [6.45, 7) is 9.13. The zero-order chi connectivity index (χ0) is 15.9. The van der Waals surface area contributed by atoms with Gasteiger partial charge in [-0.2, -0.15) is 4.39 Å². The van der Waals surface area contributed by atoms with E-state index in [9.17, 15) is 9.18 Å². The number of nitrogens with one attached hydrogen (secondary N) is 2. The van der Waals surface area contributed by atoms with Crippen LogP contribution in [0.3, 0.4) is 0 Å². The van der Waals surface area contributed by atoms with Gasteiger partial charge in [-0.1, -0.05) is 13.8 Å². The highest BCUT2D eigenvalue weighted by molar-refractivity contribution is 6.43. The second-order valence-corrected chi connectivity index (χ2v) is 4.66. The summed E-state index contributed by atoms with van der Waals surface area (Å²) >= 11 is 0. The lowest BCUT2D eigenvalue weighted by Gasteiger charge is -2.20. The molecule has 0 aromatic carbocycles. The molecule has 0 aliphatic carbocycles. The first-order valence-corrected chi connectivity index (χ1v) is 6.41. The van der Waals surface area contributed by atoms with E-state index in [-0.39, 0.29) is 17.1 Å². The Bertz CT molecular complexity index is 482. The van der Waals surface area contributed by atoms with Gasteiger partial charge in [-0.15, -0.1) is 0 Å². The van der Waals surface area contributed by atoms with E-state index in [0.29, 0.717) is 0 Å². The van der Waals surface area contributed by atoms with E-state index >= 15 is 0 Å². The highest BCUT2D eigenvalue weighted by Crippen LogP contribution is 2.16. The Morgan fingerprint density at radius 2 is 1.90 bits per heavy atom. The van der Waals surface area contributed by atoms with Gasteiger partial charge >= 0.3 is 5.97 Å².